The van der Waals surface area contributed by atoms with Gasteiger partial charge in [0.2, 0.25) is 0 Å². The molecule has 1 aromatic carbocycles. The van der Waals surface area contributed by atoms with Crippen molar-refractivity contribution in [2.24, 2.45) is 0 Å². The molecule has 0 saturated carbocycles. The Morgan fingerprint density at radius 3 is 3.00 bits per heavy atom. The highest BCUT2D eigenvalue weighted by Crippen LogP contribution is 2.20. The number of benzene rings is 1. The predicted molar refractivity (Wildman–Crippen MR) is 81.3 cm³/mol. The Labute approximate surface area is 121 Å². The number of nitrogens with zero attached hydrogens (tertiary/aromatic N) is 1. The van der Waals surface area contributed by atoms with Crippen molar-refractivity contribution in [3.05, 3.63) is 29.3 Å². The Balaban J connectivity index is 1.79. The lowest BCUT2D eigenvalue weighted by atomic mass is 10.1. The van der Waals surface area contributed by atoms with Crippen molar-refractivity contribution < 1.29 is 9.84 Å². The van der Waals surface area contributed by atoms with Gasteiger partial charge in [-0.2, -0.15) is 0 Å². The van der Waals surface area contributed by atoms with E-state index >= 15 is 0 Å². The summed E-state index contributed by atoms with van der Waals surface area (Å²) in [7, 11) is 0. The van der Waals surface area contributed by atoms with E-state index in [9.17, 15) is 5.11 Å². The third-order valence-corrected chi connectivity index (χ3v) is 3.89. The van der Waals surface area contributed by atoms with E-state index in [0.29, 0.717) is 13.2 Å². The monoisotopic (exact) mass is 278 g/mol. The zero-order chi connectivity index (χ0) is 14.4. The average Bonchev–Trinajstić information content (AvgIpc) is 2.69. The van der Waals surface area contributed by atoms with Gasteiger partial charge in [-0.15, -0.1) is 0 Å². The molecule has 2 rings (SSSR count). The first-order chi connectivity index (χ1) is 9.66. The topological polar surface area (TPSA) is 44.7 Å². The summed E-state index contributed by atoms with van der Waals surface area (Å²) in [5.41, 5.74) is 2.37. The van der Waals surface area contributed by atoms with Crippen LogP contribution in [-0.4, -0.2) is 55.4 Å². The summed E-state index contributed by atoms with van der Waals surface area (Å²) in [5.74, 6) is 0.876. The molecular formula is C16H26N2O2. The lowest BCUT2D eigenvalue weighted by molar-refractivity contribution is 0.0701. The SMILES string of the molecule is Cc1cccc(OC[C@H](O)CN2CCCNCC2)c1C. The predicted octanol–water partition coefficient (Wildman–Crippen LogP) is 1.34. The van der Waals surface area contributed by atoms with Crippen LogP contribution in [0.4, 0.5) is 0 Å². The third-order valence-electron chi connectivity index (χ3n) is 3.89. The van der Waals surface area contributed by atoms with Crippen molar-refractivity contribution in [2.45, 2.75) is 26.4 Å². The lowest BCUT2D eigenvalue weighted by Gasteiger charge is -2.23. The average molecular weight is 278 g/mol. The lowest BCUT2D eigenvalue weighted by Crippen LogP contribution is -2.37. The largest absolute Gasteiger partial charge is 0.491 e. The zero-order valence-corrected chi connectivity index (χ0v) is 12.6. The molecule has 2 N–H and O–H groups in total. The standard InChI is InChI=1S/C16H26N2O2/c1-13-5-3-6-16(14(13)2)20-12-15(19)11-18-9-4-7-17-8-10-18/h3,5-6,15,17,19H,4,7-12H2,1-2H3/t15-/m1/s1. The Bertz CT molecular complexity index is 415. The molecule has 0 aromatic heterocycles. The van der Waals surface area contributed by atoms with Gasteiger partial charge in [-0.1, -0.05) is 12.1 Å². The molecular weight excluding hydrogens is 252 g/mol. The minimum Gasteiger partial charge on any atom is -0.491 e. The van der Waals surface area contributed by atoms with Crippen LogP contribution in [0, 0.1) is 13.8 Å². The zero-order valence-electron chi connectivity index (χ0n) is 12.6. The van der Waals surface area contributed by atoms with E-state index in [-0.39, 0.29) is 0 Å². The fourth-order valence-electron chi connectivity index (χ4n) is 2.50. The number of aryl methyl sites for hydroxylation is 1. The van der Waals surface area contributed by atoms with Crippen LogP contribution in [0.2, 0.25) is 0 Å². The maximum atomic E-state index is 10.1. The molecule has 0 unspecified atom stereocenters. The van der Waals surface area contributed by atoms with Gasteiger partial charge in [-0.05, 0) is 50.6 Å². The summed E-state index contributed by atoms with van der Waals surface area (Å²) in [5, 5.41) is 13.5. The summed E-state index contributed by atoms with van der Waals surface area (Å²) in [6.45, 7) is 9.30. The van der Waals surface area contributed by atoms with Gasteiger partial charge in [0.1, 0.15) is 18.5 Å². The normalized spacial score (nSPS) is 18.6. The molecule has 1 aliphatic heterocycles. The van der Waals surface area contributed by atoms with Crippen molar-refractivity contribution in [1.29, 1.82) is 0 Å². The van der Waals surface area contributed by atoms with Crippen LogP contribution in [0.3, 0.4) is 0 Å². The molecule has 4 nitrogen and oxygen atoms in total. The molecule has 112 valence electrons. The second kappa shape index (κ2) is 7.62. The molecule has 20 heavy (non-hydrogen) atoms. The number of hydrogen-bond acceptors (Lipinski definition) is 4. The first-order valence-corrected chi connectivity index (χ1v) is 7.47. The summed E-state index contributed by atoms with van der Waals surface area (Å²) in [6.07, 6.45) is 0.706. The quantitative estimate of drug-likeness (QED) is 0.853. The van der Waals surface area contributed by atoms with Gasteiger partial charge in [-0.3, -0.25) is 4.90 Å². The summed E-state index contributed by atoms with van der Waals surface area (Å²) >= 11 is 0. The Morgan fingerprint density at radius 1 is 1.30 bits per heavy atom. The van der Waals surface area contributed by atoms with Crippen molar-refractivity contribution in [3.63, 3.8) is 0 Å². The maximum Gasteiger partial charge on any atom is 0.122 e. The maximum absolute atomic E-state index is 10.1. The number of rotatable bonds is 5. The minimum atomic E-state index is -0.437. The molecule has 1 heterocycles. The van der Waals surface area contributed by atoms with Crippen LogP contribution in [-0.2, 0) is 0 Å². The highest BCUT2D eigenvalue weighted by Gasteiger charge is 2.14. The molecule has 0 radical (unpaired) electrons. The Kier molecular flexibility index (Phi) is 5.83. The van der Waals surface area contributed by atoms with E-state index in [0.717, 1.165) is 43.9 Å². The molecule has 4 heteroatoms. The molecule has 0 amide bonds. The van der Waals surface area contributed by atoms with Crippen LogP contribution in [0.15, 0.2) is 18.2 Å². The fourth-order valence-corrected chi connectivity index (χ4v) is 2.50. The molecule has 1 atom stereocenters. The van der Waals surface area contributed by atoms with Gasteiger partial charge in [0, 0.05) is 19.6 Å². The first-order valence-electron chi connectivity index (χ1n) is 7.47. The van der Waals surface area contributed by atoms with Gasteiger partial charge in [-0.25, -0.2) is 0 Å². The summed E-state index contributed by atoms with van der Waals surface area (Å²) < 4.78 is 5.76. The van der Waals surface area contributed by atoms with Crippen LogP contribution in [0.5, 0.6) is 5.75 Å². The molecule has 0 bridgehead atoms. The Morgan fingerprint density at radius 2 is 2.15 bits per heavy atom. The number of aliphatic hydroxyl groups is 1. The summed E-state index contributed by atoms with van der Waals surface area (Å²) in [6, 6.07) is 6.03. The highest BCUT2D eigenvalue weighted by molar-refractivity contribution is 5.38. The molecule has 0 spiro atoms. The second-order valence-corrected chi connectivity index (χ2v) is 5.57. The van der Waals surface area contributed by atoms with Crippen LogP contribution < -0.4 is 10.1 Å². The van der Waals surface area contributed by atoms with Crippen molar-refractivity contribution in [1.82, 2.24) is 10.2 Å². The molecule has 0 aliphatic carbocycles. The smallest absolute Gasteiger partial charge is 0.122 e. The van der Waals surface area contributed by atoms with Gasteiger partial charge >= 0.3 is 0 Å². The molecule has 1 aromatic rings. The minimum absolute atomic E-state index is 0.355. The van der Waals surface area contributed by atoms with E-state index in [2.05, 4.69) is 30.1 Å². The number of β-amino-alcohol motifs (C(OH)–C–C–N with tert-alkyl or cyclic N) is 1. The molecule has 1 saturated heterocycles. The van der Waals surface area contributed by atoms with Crippen molar-refractivity contribution in [3.8, 4) is 5.75 Å². The van der Waals surface area contributed by atoms with Crippen LogP contribution in [0.25, 0.3) is 0 Å². The summed E-state index contributed by atoms with van der Waals surface area (Å²) in [4.78, 5) is 2.30. The molecule has 1 aliphatic rings. The number of hydrogen-bond donors (Lipinski definition) is 2. The van der Waals surface area contributed by atoms with E-state index in [1.165, 1.54) is 5.56 Å². The highest BCUT2D eigenvalue weighted by atomic mass is 16.5. The first kappa shape index (κ1) is 15.3. The number of nitrogens with one attached hydrogen (secondary N) is 1. The number of ether oxygens (including phenoxy) is 1. The van der Waals surface area contributed by atoms with E-state index < -0.39 is 6.10 Å². The third kappa shape index (κ3) is 4.47. The van der Waals surface area contributed by atoms with Crippen LogP contribution in [0.1, 0.15) is 17.5 Å². The second-order valence-electron chi connectivity index (χ2n) is 5.57. The number of aliphatic hydroxyl groups excluding tert-OH is 1. The van der Waals surface area contributed by atoms with Gasteiger partial charge in [0.25, 0.3) is 0 Å². The van der Waals surface area contributed by atoms with Gasteiger partial charge in [0.15, 0.2) is 0 Å². The van der Waals surface area contributed by atoms with E-state index in [1.807, 2.05) is 12.1 Å². The van der Waals surface area contributed by atoms with Crippen molar-refractivity contribution >= 4 is 0 Å². The van der Waals surface area contributed by atoms with Gasteiger partial charge in [0.05, 0.1) is 0 Å². The van der Waals surface area contributed by atoms with E-state index in [4.69, 9.17) is 4.74 Å². The fraction of sp³-hybridized carbons (Fsp3) is 0.625. The molecule has 1 fully saturated rings. The Hall–Kier alpha value is -1.10. The van der Waals surface area contributed by atoms with Crippen LogP contribution >= 0.6 is 0 Å². The van der Waals surface area contributed by atoms with Gasteiger partial charge < -0.3 is 15.2 Å². The van der Waals surface area contributed by atoms with Crippen molar-refractivity contribution in [2.75, 3.05) is 39.3 Å². The van der Waals surface area contributed by atoms with E-state index in [1.54, 1.807) is 0 Å².